The van der Waals surface area contributed by atoms with Crippen molar-refractivity contribution in [3.05, 3.63) is 41.6 Å². The molecule has 3 heteroatoms. The van der Waals surface area contributed by atoms with Gasteiger partial charge in [0.15, 0.2) is 0 Å². The lowest BCUT2D eigenvalue weighted by Gasteiger charge is -2.17. The highest BCUT2D eigenvalue weighted by molar-refractivity contribution is 5.79. The molecule has 0 fully saturated rings. The Hall–Kier alpha value is -1.45. The van der Waals surface area contributed by atoms with Crippen molar-refractivity contribution in [3.63, 3.8) is 0 Å². The van der Waals surface area contributed by atoms with E-state index in [1.54, 1.807) is 0 Å². The number of aromatic nitrogens is 1. The molecule has 1 N–H and O–H groups in total. The number of hydrogen-bond acceptors (Lipinski definition) is 3. The van der Waals surface area contributed by atoms with E-state index in [1.165, 1.54) is 23.9 Å². The van der Waals surface area contributed by atoms with E-state index in [0.717, 1.165) is 37.4 Å². The molecular formula is C18H27N3. The van der Waals surface area contributed by atoms with Crippen LogP contribution >= 0.6 is 0 Å². The molecule has 21 heavy (non-hydrogen) atoms. The van der Waals surface area contributed by atoms with Gasteiger partial charge in [0.05, 0.1) is 5.52 Å². The number of nitrogens with zero attached hydrogens (tertiary/aromatic N) is 2. The highest BCUT2D eigenvalue weighted by atomic mass is 15.1. The minimum Gasteiger partial charge on any atom is -0.313 e. The summed E-state index contributed by atoms with van der Waals surface area (Å²) in [5.41, 5.74) is 3.49. The molecule has 2 aromatic rings. The van der Waals surface area contributed by atoms with Crippen LogP contribution in [0.4, 0.5) is 0 Å². The predicted octanol–water partition coefficient (Wildman–Crippen LogP) is 3.36. The molecule has 0 unspecified atom stereocenters. The van der Waals surface area contributed by atoms with E-state index >= 15 is 0 Å². The summed E-state index contributed by atoms with van der Waals surface area (Å²) in [6.07, 6.45) is 1.20. The SMILES string of the molecule is CCN(CC)CCCNCc1ccc2nc(C)ccc2c1. The maximum Gasteiger partial charge on any atom is 0.0705 e. The van der Waals surface area contributed by atoms with Crippen molar-refractivity contribution < 1.29 is 0 Å². The summed E-state index contributed by atoms with van der Waals surface area (Å²) in [5.74, 6) is 0. The molecule has 0 atom stereocenters. The molecule has 3 nitrogen and oxygen atoms in total. The Bertz CT molecular complexity index is 561. The van der Waals surface area contributed by atoms with Crippen LogP contribution in [0.1, 0.15) is 31.5 Å². The summed E-state index contributed by atoms with van der Waals surface area (Å²) in [6, 6.07) is 10.8. The van der Waals surface area contributed by atoms with Gasteiger partial charge in [-0.15, -0.1) is 0 Å². The summed E-state index contributed by atoms with van der Waals surface area (Å²) < 4.78 is 0. The van der Waals surface area contributed by atoms with Crippen molar-refractivity contribution in [1.29, 1.82) is 0 Å². The Balaban J connectivity index is 1.80. The lowest BCUT2D eigenvalue weighted by molar-refractivity contribution is 0.298. The van der Waals surface area contributed by atoms with Crippen LogP contribution in [0.15, 0.2) is 30.3 Å². The molecule has 0 spiro atoms. The minimum absolute atomic E-state index is 0.933. The van der Waals surface area contributed by atoms with Crippen LogP contribution in [0.2, 0.25) is 0 Å². The van der Waals surface area contributed by atoms with Gasteiger partial charge in [0.25, 0.3) is 0 Å². The monoisotopic (exact) mass is 285 g/mol. The van der Waals surface area contributed by atoms with Crippen LogP contribution in [-0.4, -0.2) is 36.1 Å². The Morgan fingerprint density at radius 2 is 1.90 bits per heavy atom. The number of aryl methyl sites for hydroxylation is 1. The second-order valence-corrected chi connectivity index (χ2v) is 5.54. The van der Waals surface area contributed by atoms with Crippen molar-refractivity contribution in [1.82, 2.24) is 15.2 Å². The van der Waals surface area contributed by atoms with Crippen LogP contribution in [-0.2, 0) is 6.54 Å². The second-order valence-electron chi connectivity index (χ2n) is 5.54. The smallest absolute Gasteiger partial charge is 0.0705 e. The molecule has 1 heterocycles. The van der Waals surface area contributed by atoms with Crippen LogP contribution in [0.5, 0.6) is 0 Å². The Morgan fingerprint density at radius 1 is 1.10 bits per heavy atom. The van der Waals surface area contributed by atoms with Gasteiger partial charge in [-0.1, -0.05) is 26.0 Å². The summed E-state index contributed by atoms with van der Waals surface area (Å²) in [5, 5.41) is 4.76. The van der Waals surface area contributed by atoms with Crippen LogP contribution < -0.4 is 5.32 Å². The third-order valence-electron chi connectivity index (χ3n) is 3.94. The third kappa shape index (κ3) is 4.80. The normalized spacial score (nSPS) is 11.4. The number of fused-ring (bicyclic) bond motifs is 1. The molecule has 0 saturated carbocycles. The first kappa shape index (κ1) is 15.9. The zero-order valence-corrected chi connectivity index (χ0v) is 13.5. The van der Waals surface area contributed by atoms with Crippen molar-refractivity contribution in [2.24, 2.45) is 0 Å². The van der Waals surface area contributed by atoms with Crippen molar-refractivity contribution in [2.45, 2.75) is 33.7 Å². The van der Waals surface area contributed by atoms with E-state index in [-0.39, 0.29) is 0 Å². The van der Waals surface area contributed by atoms with Crippen LogP contribution in [0, 0.1) is 6.92 Å². The average molecular weight is 285 g/mol. The van der Waals surface area contributed by atoms with E-state index in [4.69, 9.17) is 0 Å². The van der Waals surface area contributed by atoms with Crippen molar-refractivity contribution >= 4 is 10.9 Å². The van der Waals surface area contributed by atoms with Gasteiger partial charge < -0.3 is 10.2 Å². The first-order chi connectivity index (χ1) is 10.2. The van der Waals surface area contributed by atoms with Gasteiger partial charge in [0, 0.05) is 17.6 Å². The van der Waals surface area contributed by atoms with Crippen molar-refractivity contribution in [3.8, 4) is 0 Å². The van der Waals surface area contributed by atoms with Gasteiger partial charge in [0.1, 0.15) is 0 Å². The van der Waals surface area contributed by atoms with Crippen LogP contribution in [0.25, 0.3) is 10.9 Å². The lowest BCUT2D eigenvalue weighted by atomic mass is 10.1. The van der Waals surface area contributed by atoms with Gasteiger partial charge in [-0.25, -0.2) is 0 Å². The molecule has 0 saturated heterocycles. The van der Waals surface area contributed by atoms with Crippen LogP contribution in [0.3, 0.4) is 0 Å². The molecule has 0 aliphatic heterocycles. The molecule has 0 bridgehead atoms. The Morgan fingerprint density at radius 3 is 2.67 bits per heavy atom. The summed E-state index contributed by atoms with van der Waals surface area (Å²) >= 11 is 0. The number of benzene rings is 1. The fourth-order valence-corrected chi connectivity index (χ4v) is 2.59. The molecule has 0 aliphatic rings. The van der Waals surface area contributed by atoms with E-state index < -0.39 is 0 Å². The van der Waals surface area contributed by atoms with Gasteiger partial charge >= 0.3 is 0 Å². The number of hydrogen-bond donors (Lipinski definition) is 1. The maximum absolute atomic E-state index is 4.54. The summed E-state index contributed by atoms with van der Waals surface area (Å²) in [6.45, 7) is 12.0. The first-order valence-electron chi connectivity index (χ1n) is 8.02. The number of rotatable bonds is 8. The minimum atomic E-state index is 0.933. The largest absolute Gasteiger partial charge is 0.313 e. The number of nitrogens with one attached hydrogen (secondary N) is 1. The topological polar surface area (TPSA) is 28.2 Å². The van der Waals surface area contributed by atoms with Gasteiger partial charge in [-0.2, -0.15) is 0 Å². The van der Waals surface area contributed by atoms with Gasteiger partial charge in [0.2, 0.25) is 0 Å². The fourth-order valence-electron chi connectivity index (χ4n) is 2.59. The summed E-state index contributed by atoms with van der Waals surface area (Å²) in [4.78, 5) is 7.00. The molecule has 0 amide bonds. The van der Waals surface area contributed by atoms with Gasteiger partial charge in [-0.05, 0) is 63.3 Å². The van der Waals surface area contributed by atoms with E-state index in [0.29, 0.717) is 0 Å². The standard InChI is InChI=1S/C18H27N3/c1-4-21(5-2)12-6-11-19-14-16-8-10-18-17(13-16)9-7-15(3)20-18/h7-10,13,19H,4-6,11-12,14H2,1-3H3. The second kappa shape index (κ2) is 8.11. The quantitative estimate of drug-likeness (QED) is 0.754. The third-order valence-corrected chi connectivity index (χ3v) is 3.94. The molecule has 0 aliphatic carbocycles. The maximum atomic E-state index is 4.54. The zero-order chi connectivity index (χ0) is 15.1. The number of pyridine rings is 1. The molecule has 114 valence electrons. The van der Waals surface area contributed by atoms with Crippen molar-refractivity contribution in [2.75, 3.05) is 26.2 Å². The molecule has 2 rings (SSSR count). The highest BCUT2D eigenvalue weighted by Gasteiger charge is 2.00. The molecule has 1 aromatic heterocycles. The predicted molar refractivity (Wildman–Crippen MR) is 90.6 cm³/mol. The van der Waals surface area contributed by atoms with E-state index in [2.05, 4.69) is 59.4 Å². The molecule has 0 radical (unpaired) electrons. The summed E-state index contributed by atoms with van der Waals surface area (Å²) in [7, 11) is 0. The Kier molecular flexibility index (Phi) is 6.15. The first-order valence-corrected chi connectivity index (χ1v) is 8.02. The van der Waals surface area contributed by atoms with E-state index in [1.807, 2.05) is 6.92 Å². The van der Waals surface area contributed by atoms with E-state index in [9.17, 15) is 0 Å². The fraction of sp³-hybridized carbons (Fsp3) is 0.500. The lowest BCUT2D eigenvalue weighted by Crippen LogP contribution is -2.27. The average Bonchev–Trinajstić information content (AvgIpc) is 2.51. The zero-order valence-electron chi connectivity index (χ0n) is 13.5. The highest BCUT2D eigenvalue weighted by Crippen LogP contribution is 2.14. The molecule has 1 aromatic carbocycles. The Labute approximate surface area is 128 Å². The van der Waals surface area contributed by atoms with Gasteiger partial charge in [-0.3, -0.25) is 4.98 Å². The molecular weight excluding hydrogens is 258 g/mol.